The van der Waals surface area contributed by atoms with Gasteiger partial charge < -0.3 is 5.32 Å². The maximum Gasteiger partial charge on any atom is 0.225 e. The number of nitrogens with one attached hydrogen (secondary N) is 1. The number of anilines is 1. The number of thioether (sulfide) groups is 1. The second-order valence-electron chi connectivity index (χ2n) is 3.16. The highest BCUT2D eigenvalue weighted by Crippen LogP contribution is 2.26. The molecule has 0 radical (unpaired) electrons. The minimum absolute atomic E-state index is 0.277. The first-order valence-corrected chi connectivity index (χ1v) is 7.38. The molecule has 0 aliphatic heterocycles. The molecule has 2 heterocycles. The van der Waals surface area contributed by atoms with Crippen molar-refractivity contribution < 1.29 is 0 Å². The topological polar surface area (TPSA) is 37.8 Å². The van der Waals surface area contributed by atoms with Crippen molar-refractivity contribution in [3.05, 3.63) is 16.7 Å². The fourth-order valence-corrected chi connectivity index (χ4v) is 2.83. The molecule has 0 saturated carbocycles. The Hall–Kier alpha value is -0.960. The van der Waals surface area contributed by atoms with Gasteiger partial charge in [-0.15, -0.1) is 29.5 Å². The molecule has 88 valence electrons. The van der Waals surface area contributed by atoms with Gasteiger partial charge in [-0.05, 0) is 23.0 Å². The van der Waals surface area contributed by atoms with E-state index in [-0.39, 0.29) is 5.28 Å². The van der Waals surface area contributed by atoms with Crippen LogP contribution in [0.15, 0.2) is 11.4 Å². The lowest BCUT2D eigenvalue weighted by atomic mass is 10.4. The Balaban J connectivity index is 2.03. The van der Waals surface area contributed by atoms with Gasteiger partial charge >= 0.3 is 0 Å². The quantitative estimate of drug-likeness (QED) is 0.520. The van der Waals surface area contributed by atoms with Crippen LogP contribution < -0.4 is 5.32 Å². The van der Waals surface area contributed by atoms with Crippen LogP contribution in [0.4, 0.5) is 5.82 Å². The summed E-state index contributed by atoms with van der Waals surface area (Å²) in [5.41, 5.74) is 0. The Morgan fingerprint density at radius 1 is 1.53 bits per heavy atom. The van der Waals surface area contributed by atoms with Crippen LogP contribution in [-0.2, 0) is 0 Å². The van der Waals surface area contributed by atoms with E-state index in [9.17, 15) is 0 Å². The fraction of sp³-hybridized carbons (Fsp3) is 0.273. The number of aromatic nitrogens is 2. The van der Waals surface area contributed by atoms with Crippen LogP contribution in [0.3, 0.4) is 0 Å². The highest BCUT2D eigenvalue weighted by atomic mass is 35.5. The first-order chi connectivity index (χ1) is 8.31. The molecule has 0 spiro atoms. The number of nitrogens with zero attached hydrogens (tertiary/aromatic N) is 2. The lowest BCUT2D eigenvalue weighted by Crippen LogP contribution is -2.06. The number of thiophene rings is 1. The Bertz CT molecular complexity index is 547. The molecule has 1 N–H and O–H groups in total. The van der Waals surface area contributed by atoms with Crippen LogP contribution in [0.5, 0.6) is 0 Å². The monoisotopic (exact) mass is 283 g/mol. The normalized spacial score (nSPS) is 10.4. The van der Waals surface area contributed by atoms with E-state index < -0.39 is 0 Å². The predicted molar refractivity (Wildman–Crippen MR) is 77.1 cm³/mol. The summed E-state index contributed by atoms with van der Waals surface area (Å²) in [5.74, 6) is 5.06. The minimum atomic E-state index is 0.277. The van der Waals surface area contributed by atoms with Gasteiger partial charge in [0.15, 0.2) is 0 Å². The van der Waals surface area contributed by atoms with Gasteiger partial charge in [0, 0.05) is 12.3 Å². The lowest BCUT2D eigenvalue weighted by molar-refractivity contribution is 1.15. The largest absolute Gasteiger partial charge is 0.369 e. The maximum absolute atomic E-state index is 5.86. The minimum Gasteiger partial charge on any atom is -0.369 e. The SMILES string of the molecule is C#CCSCCNc1nc(Cl)nc2sccc12. The smallest absolute Gasteiger partial charge is 0.225 e. The molecule has 3 nitrogen and oxygen atoms in total. The standard InChI is InChI=1S/C11H10ClN3S2/c1-2-5-16-7-4-13-9-8-3-6-17-10(8)15-11(12)14-9/h1,3,6H,4-5,7H2,(H,13,14,15). The fourth-order valence-electron chi connectivity index (χ4n) is 1.34. The van der Waals surface area contributed by atoms with Gasteiger partial charge in [-0.3, -0.25) is 0 Å². The van der Waals surface area contributed by atoms with Crippen molar-refractivity contribution in [1.82, 2.24) is 9.97 Å². The first-order valence-electron chi connectivity index (χ1n) is 4.97. The van der Waals surface area contributed by atoms with Crippen molar-refractivity contribution in [1.29, 1.82) is 0 Å². The van der Waals surface area contributed by atoms with Crippen LogP contribution in [0.1, 0.15) is 0 Å². The zero-order valence-electron chi connectivity index (χ0n) is 8.94. The number of hydrogen-bond donors (Lipinski definition) is 1. The van der Waals surface area contributed by atoms with Gasteiger partial charge in [-0.1, -0.05) is 5.92 Å². The molecule has 0 bridgehead atoms. The Kier molecular flexibility index (Phi) is 4.49. The summed E-state index contributed by atoms with van der Waals surface area (Å²) in [5, 5.41) is 6.53. The Morgan fingerprint density at radius 3 is 3.24 bits per heavy atom. The molecule has 0 fully saturated rings. The van der Waals surface area contributed by atoms with E-state index in [1.54, 1.807) is 23.1 Å². The molecular formula is C11H10ClN3S2. The molecular weight excluding hydrogens is 274 g/mol. The summed E-state index contributed by atoms with van der Waals surface area (Å²) in [7, 11) is 0. The van der Waals surface area contributed by atoms with E-state index in [0.717, 1.165) is 34.1 Å². The number of rotatable bonds is 5. The van der Waals surface area contributed by atoms with Gasteiger partial charge in [0.05, 0.1) is 11.1 Å². The molecule has 0 unspecified atom stereocenters. The molecule has 0 saturated heterocycles. The van der Waals surface area contributed by atoms with Crippen molar-refractivity contribution in [3.63, 3.8) is 0 Å². The molecule has 0 amide bonds. The number of halogens is 1. The zero-order valence-corrected chi connectivity index (χ0v) is 11.3. The second-order valence-corrected chi connectivity index (χ2v) is 5.50. The van der Waals surface area contributed by atoms with Gasteiger partial charge in [0.25, 0.3) is 0 Å². The summed E-state index contributed by atoms with van der Waals surface area (Å²) in [6.07, 6.45) is 5.17. The summed E-state index contributed by atoms with van der Waals surface area (Å²) in [4.78, 5) is 9.25. The van der Waals surface area contributed by atoms with E-state index >= 15 is 0 Å². The van der Waals surface area contributed by atoms with E-state index in [1.807, 2.05) is 11.4 Å². The number of fused-ring (bicyclic) bond motifs is 1. The molecule has 0 atom stereocenters. The number of terminal acetylenes is 1. The average molecular weight is 284 g/mol. The maximum atomic E-state index is 5.86. The third kappa shape index (κ3) is 3.25. The van der Waals surface area contributed by atoms with Gasteiger partial charge in [0.2, 0.25) is 5.28 Å². The van der Waals surface area contributed by atoms with Crippen molar-refractivity contribution >= 4 is 50.7 Å². The summed E-state index contributed by atoms with van der Waals surface area (Å²) in [6.45, 7) is 0.810. The van der Waals surface area contributed by atoms with E-state index in [0.29, 0.717) is 0 Å². The van der Waals surface area contributed by atoms with Crippen LogP contribution in [0.2, 0.25) is 5.28 Å². The van der Waals surface area contributed by atoms with Crippen molar-refractivity contribution in [2.75, 3.05) is 23.4 Å². The second kappa shape index (κ2) is 6.10. The molecule has 2 aromatic rings. The van der Waals surface area contributed by atoms with Crippen LogP contribution in [-0.4, -0.2) is 28.0 Å². The Morgan fingerprint density at radius 2 is 2.41 bits per heavy atom. The molecule has 6 heteroatoms. The molecule has 0 aliphatic carbocycles. The van der Waals surface area contributed by atoms with Gasteiger partial charge in [-0.2, -0.15) is 0 Å². The molecule has 0 aromatic carbocycles. The van der Waals surface area contributed by atoms with Crippen molar-refractivity contribution in [2.24, 2.45) is 0 Å². The highest BCUT2D eigenvalue weighted by Gasteiger charge is 2.06. The van der Waals surface area contributed by atoms with E-state index in [4.69, 9.17) is 18.0 Å². The third-order valence-corrected chi connectivity index (χ3v) is 3.86. The lowest BCUT2D eigenvalue weighted by Gasteiger charge is -2.06. The van der Waals surface area contributed by atoms with Crippen molar-refractivity contribution in [2.45, 2.75) is 0 Å². The first kappa shape index (κ1) is 12.5. The highest BCUT2D eigenvalue weighted by molar-refractivity contribution is 7.99. The molecule has 2 rings (SSSR count). The van der Waals surface area contributed by atoms with Gasteiger partial charge in [-0.25, -0.2) is 9.97 Å². The summed E-state index contributed by atoms with van der Waals surface area (Å²) < 4.78 is 0. The third-order valence-electron chi connectivity index (χ3n) is 2.02. The molecule has 17 heavy (non-hydrogen) atoms. The Labute approximate surface area is 113 Å². The number of hydrogen-bond acceptors (Lipinski definition) is 5. The van der Waals surface area contributed by atoms with Gasteiger partial charge in [0.1, 0.15) is 10.6 Å². The van der Waals surface area contributed by atoms with Crippen LogP contribution in [0, 0.1) is 12.3 Å². The zero-order chi connectivity index (χ0) is 12.1. The predicted octanol–water partition coefficient (Wildman–Crippen LogP) is 3.12. The van der Waals surface area contributed by atoms with Crippen LogP contribution >= 0.6 is 34.7 Å². The average Bonchev–Trinajstić information content (AvgIpc) is 2.76. The molecule has 0 aliphatic rings. The summed E-state index contributed by atoms with van der Waals surface area (Å²) >= 11 is 9.12. The van der Waals surface area contributed by atoms with E-state index in [2.05, 4.69) is 21.2 Å². The summed E-state index contributed by atoms with van der Waals surface area (Å²) in [6, 6.07) is 1.99. The van der Waals surface area contributed by atoms with Crippen molar-refractivity contribution in [3.8, 4) is 12.3 Å². The van der Waals surface area contributed by atoms with Crippen LogP contribution in [0.25, 0.3) is 10.2 Å². The molecule has 2 aromatic heterocycles. The van der Waals surface area contributed by atoms with E-state index in [1.165, 1.54) is 0 Å².